The van der Waals surface area contributed by atoms with E-state index in [9.17, 15) is 4.79 Å². The number of rotatable bonds is 4. The van der Waals surface area contributed by atoms with Crippen LogP contribution in [0.3, 0.4) is 0 Å². The molecule has 110 valence electrons. The quantitative estimate of drug-likeness (QED) is 0.755. The second kappa shape index (κ2) is 6.13. The lowest BCUT2D eigenvalue weighted by molar-refractivity contribution is 0.101. The fraction of sp³-hybridized carbons (Fsp3) is 0.316. The zero-order valence-electron chi connectivity index (χ0n) is 13.1. The smallest absolute Gasteiger partial charge is 0.159 e. The van der Waals surface area contributed by atoms with Crippen molar-refractivity contribution in [2.45, 2.75) is 39.7 Å². The van der Waals surface area contributed by atoms with E-state index in [0.29, 0.717) is 12.2 Å². The fourth-order valence-corrected chi connectivity index (χ4v) is 2.07. The van der Waals surface area contributed by atoms with E-state index >= 15 is 0 Å². The number of Topliss-reactive ketones (excluding diaryl/α,β-unsaturated/α-hetero) is 1. The number of benzene rings is 2. The maximum Gasteiger partial charge on any atom is 0.159 e. The van der Waals surface area contributed by atoms with E-state index in [1.54, 1.807) is 19.1 Å². The van der Waals surface area contributed by atoms with Crippen LogP contribution in [-0.2, 0) is 12.0 Å². The van der Waals surface area contributed by atoms with Gasteiger partial charge < -0.3 is 4.74 Å². The molecule has 0 N–H and O–H groups in total. The minimum Gasteiger partial charge on any atom is -0.489 e. The summed E-state index contributed by atoms with van der Waals surface area (Å²) in [4.78, 5) is 11.3. The summed E-state index contributed by atoms with van der Waals surface area (Å²) in [5, 5.41) is 0. The van der Waals surface area contributed by atoms with Crippen molar-refractivity contribution in [3.8, 4) is 5.75 Å². The molecule has 0 bridgehead atoms. The first-order chi connectivity index (χ1) is 9.86. The second-order valence-electron chi connectivity index (χ2n) is 6.32. The number of carbonyl (C=O) groups is 1. The second-order valence-corrected chi connectivity index (χ2v) is 6.32. The van der Waals surface area contributed by atoms with Gasteiger partial charge in [-0.2, -0.15) is 0 Å². The predicted molar refractivity (Wildman–Crippen MR) is 85.9 cm³/mol. The lowest BCUT2D eigenvalue weighted by Crippen LogP contribution is -2.10. The Bertz CT molecular complexity index is 619. The van der Waals surface area contributed by atoms with E-state index < -0.39 is 0 Å². The summed E-state index contributed by atoms with van der Waals surface area (Å²) in [6.07, 6.45) is 0. The normalized spacial score (nSPS) is 11.2. The summed E-state index contributed by atoms with van der Waals surface area (Å²) in [6.45, 7) is 8.67. The van der Waals surface area contributed by atoms with Crippen molar-refractivity contribution in [1.82, 2.24) is 0 Å². The predicted octanol–water partition coefficient (Wildman–Crippen LogP) is 4.77. The molecule has 0 saturated carbocycles. The van der Waals surface area contributed by atoms with E-state index in [4.69, 9.17) is 4.74 Å². The Morgan fingerprint density at radius 2 is 1.71 bits per heavy atom. The van der Waals surface area contributed by atoms with Gasteiger partial charge in [0, 0.05) is 5.56 Å². The Hall–Kier alpha value is -2.09. The third-order valence-electron chi connectivity index (χ3n) is 3.47. The van der Waals surface area contributed by atoms with Gasteiger partial charge in [0.1, 0.15) is 12.4 Å². The number of hydrogen-bond acceptors (Lipinski definition) is 2. The molecule has 2 aromatic rings. The van der Waals surface area contributed by atoms with Crippen LogP contribution in [-0.4, -0.2) is 5.78 Å². The average molecular weight is 282 g/mol. The van der Waals surface area contributed by atoms with Crippen LogP contribution in [0, 0.1) is 0 Å². The molecule has 0 aliphatic carbocycles. The van der Waals surface area contributed by atoms with Gasteiger partial charge in [0.25, 0.3) is 0 Å². The van der Waals surface area contributed by atoms with Gasteiger partial charge in [0.2, 0.25) is 0 Å². The Morgan fingerprint density at radius 3 is 2.29 bits per heavy atom. The monoisotopic (exact) mass is 282 g/mol. The third-order valence-corrected chi connectivity index (χ3v) is 3.47. The molecular formula is C19H22O2. The molecule has 2 rings (SSSR count). The molecule has 0 fully saturated rings. The molecule has 0 amide bonds. The van der Waals surface area contributed by atoms with Crippen molar-refractivity contribution in [2.75, 3.05) is 0 Å². The van der Waals surface area contributed by atoms with Crippen LogP contribution in [0.4, 0.5) is 0 Å². The molecule has 0 spiro atoms. The Kier molecular flexibility index (Phi) is 4.46. The first kappa shape index (κ1) is 15.3. The number of ketones is 1. The molecule has 0 aliphatic rings. The number of carbonyl (C=O) groups excluding carboxylic acids is 1. The lowest BCUT2D eigenvalue weighted by atomic mass is 9.87. The van der Waals surface area contributed by atoms with Gasteiger partial charge in [-0.05, 0) is 35.6 Å². The largest absolute Gasteiger partial charge is 0.489 e. The van der Waals surface area contributed by atoms with Crippen LogP contribution in [0.15, 0.2) is 48.5 Å². The molecule has 0 aromatic heterocycles. The summed E-state index contributed by atoms with van der Waals surface area (Å²) < 4.78 is 5.76. The number of hydrogen-bond donors (Lipinski definition) is 0. The summed E-state index contributed by atoms with van der Waals surface area (Å²) in [5.74, 6) is 0.776. The van der Waals surface area contributed by atoms with Crippen LogP contribution in [0.5, 0.6) is 5.75 Å². The minimum absolute atomic E-state index is 0.0509. The van der Waals surface area contributed by atoms with Crippen LogP contribution in [0.1, 0.15) is 49.2 Å². The van der Waals surface area contributed by atoms with Gasteiger partial charge >= 0.3 is 0 Å². The van der Waals surface area contributed by atoms with Crippen LogP contribution < -0.4 is 4.74 Å². The topological polar surface area (TPSA) is 26.3 Å². The maximum atomic E-state index is 11.3. The Labute approximate surface area is 126 Å². The molecule has 0 atom stereocenters. The number of ether oxygens (including phenoxy) is 1. The summed E-state index contributed by atoms with van der Waals surface area (Å²) in [5.41, 5.74) is 3.27. The summed E-state index contributed by atoms with van der Waals surface area (Å²) in [6, 6.07) is 15.8. The maximum absolute atomic E-state index is 11.3. The molecular weight excluding hydrogens is 260 g/mol. The molecule has 21 heavy (non-hydrogen) atoms. The van der Waals surface area contributed by atoms with E-state index in [1.807, 2.05) is 12.1 Å². The van der Waals surface area contributed by atoms with Crippen molar-refractivity contribution in [2.24, 2.45) is 0 Å². The minimum atomic E-state index is 0.0509. The van der Waals surface area contributed by atoms with Crippen LogP contribution in [0.2, 0.25) is 0 Å². The molecule has 2 heteroatoms. The highest BCUT2D eigenvalue weighted by Gasteiger charge is 2.12. The van der Waals surface area contributed by atoms with Gasteiger partial charge in [-0.3, -0.25) is 4.79 Å². The van der Waals surface area contributed by atoms with Gasteiger partial charge in [-0.15, -0.1) is 0 Å². The van der Waals surface area contributed by atoms with E-state index in [1.165, 1.54) is 5.56 Å². The molecule has 2 aromatic carbocycles. The third kappa shape index (κ3) is 4.19. The Morgan fingerprint density at radius 1 is 1.05 bits per heavy atom. The first-order valence-corrected chi connectivity index (χ1v) is 7.19. The SMILES string of the molecule is CC(=O)c1cccc(OCc2ccc(C(C)(C)C)cc2)c1. The standard InChI is InChI=1S/C19H22O2/c1-14(20)16-6-5-7-18(12-16)21-13-15-8-10-17(11-9-15)19(2,3)4/h5-12H,13H2,1-4H3. The summed E-state index contributed by atoms with van der Waals surface area (Å²) >= 11 is 0. The highest BCUT2D eigenvalue weighted by Crippen LogP contribution is 2.22. The molecule has 0 saturated heterocycles. The molecule has 2 nitrogen and oxygen atoms in total. The lowest BCUT2D eigenvalue weighted by Gasteiger charge is -2.19. The van der Waals surface area contributed by atoms with Crippen LogP contribution in [0.25, 0.3) is 0 Å². The molecule has 0 heterocycles. The van der Waals surface area contributed by atoms with Gasteiger partial charge in [0.15, 0.2) is 5.78 Å². The van der Waals surface area contributed by atoms with Crippen LogP contribution >= 0.6 is 0 Å². The Balaban J connectivity index is 2.03. The van der Waals surface area contributed by atoms with E-state index in [2.05, 4.69) is 45.0 Å². The van der Waals surface area contributed by atoms with Gasteiger partial charge in [-0.1, -0.05) is 57.2 Å². The van der Waals surface area contributed by atoms with Crippen molar-refractivity contribution in [3.63, 3.8) is 0 Å². The highest BCUT2D eigenvalue weighted by atomic mass is 16.5. The van der Waals surface area contributed by atoms with Crippen molar-refractivity contribution < 1.29 is 9.53 Å². The van der Waals surface area contributed by atoms with Crippen molar-refractivity contribution in [3.05, 3.63) is 65.2 Å². The molecule has 0 unspecified atom stereocenters. The van der Waals surface area contributed by atoms with Gasteiger partial charge in [-0.25, -0.2) is 0 Å². The van der Waals surface area contributed by atoms with Gasteiger partial charge in [0.05, 0.1) is 0 Å². The van der Waals surface area contributed by atoms with E-state index in [-0.39, 0.29) is 11.2 Å². The molecule has 0 radical (unpaired) electrons. The first-order valence-electron chi connectivity index (χ1n) is 7.19. The van der Waals surface area contributed by atoms with Crippen molar-refractivity contribution in [1.29, 1.82) is 0 Å². The van der Waals surface area contributed by atoms with Crippen molar-refractivity contribution >= 4 is 5.78 Å². The fourth-order valence-electron chi connectivity index (χ4n) is 2.07. The molecule has 0 aliphatic heterocycles. The van der Waals surface area contributed by atoms with E-state index in [0.717, 1.165) is 11.3 Å². The summed E-state index contributed by atoms with van der Waals surface area (Å²) in [7, 11) is 0. The average Bonchev–Trinajstić information content (AvgIpc) is 2.45. The zero-order chi connectivity index (χ0) is 15.5. The highest BCUT2D eigenvalue weighted by molar-refractivity contribution is 5.94. The zero-order valence-corrected chi connectivity index (χ0v) is 13.1.